The van der Waals surface area contributed by atoms with Crippen molar-refractivity contribution in [3.8, 4) is 0 Å². The normalized spacial score (nSPS) is 14.7. The fraction of sp³-hybridized carbons (Fsp3) is 0.636. The standard InChI is InChI=1S/C11H18FN3O3/c1-7(2)10(18-8(3)6-17-12)15-5-4-9(13)14-11(15)16/h4-5,7-8,10H,6H2,1-3H3,(H2,13,14,16)/t8?,10-/m1/s1. The first kappa shape index (κ1) is 14.6. The third-order valence-electron chi connectivity index (χ3n) is 2.37. The predicted octanol–water partition coefficient (Wildman–Crippen LogP) is 1.29. The monoisotopic (exact) mass is 259 g/mol. The van der Waals surface area contributed by atoms with E-state index in [0.717, 1.165) is 0 Å². The number of halogens is 1. The summed E-state index contributed by atoms with van der Waals surface area (Å²) in [6.07, 6.45) is 0.487. The van der Waals surface area contributed by atoms with Crippen molar-refractivity contribution in [1.29, 1.82) is 0 Å². The lowest BCUT2D eigenvalue weighted by atomic mass is 10.2. The van der Waals surface area contributed by atoms with Crippen molar-refractivity contribution < 1.29 is 14.2 Å². The van der Waals surface area contributed by atoms with Crippen LogP contribution >= 0.6 is 0 Å². The minimum absolute atomic E-state index is 0.00943. The Morgan fingerprint density at radius 2 is 2.17 bits per heavy atom. The molecule has 1 heterocycles. The van der Waals surface area contributed by atoms with Crippen LogP contribution in [0.5, 0.6) is 0 Å². The van der Waals surface area contributed by atoms with E-state index in [1.807, 2.05) is 13.8 Å². The number of hydrogen-bond acceptors (Lipinski definition) is 5. The van der Waals surface area contributed by atoms with E-state index < -0.39 is 18.0 Å². The summed E-state index contributed by atoms with van der Waals surface area (Å²) in [5.41, 5.74) is 4.92. The number of aromatic nitrogens is 2. The van der Waals surface area contributed by atoms with Gasteiger partial charge in [-0.2, -0.15) is 9.93 Å². The Morgan fingerprint density at radius 3 is 2.67 bits per heavy atom. The molecule has 0 amide bonds. The molecule has 0 radical (unpaired) electrons. The predicted molar refractivity (Wildman–Crippen MR) is 64.4 cm³/mol. The second kappa shape index (κ2) is 6.46. The summed E-state index contributed by atoms with van der Waals surface area (Å²) in [6.45, 7) is 5.23. The van der Waals surface area contributed by atoms with Gasteiger partial charge >= 0.3 is 5.69 Å². The molecule has 0 spiro atoms. The van der Waals surface area contributed by atoms with Gasteiger partial charge in [-0.1, -0.05) is 13.8 Å². The van der Waals surface area contributed by atoms with Crippen LogP contribution in [0.3, 0.4) is 0 Å². The minimum Gasteiger partial charge on any atom is -0.383 e. The highest BCUT2D eigenvalue weighted by Gasteiger charge is 2.20. The molecule has 1 rings (SSSR count). The lowest BCUT2D eigenvalue weighted by Gasteiger charge is -2.26. The topological polar surface area (TPSA) is 79.4 Å². The molecule has 0 aromatic carbocycles. The summed E-state index contributed by atoms with van der Waals surface area (Å²) in [6, 6.07) is 1.51. The number of nitrogens with zero attached hydrogens (tertiary/aromatic N) is 2. The second-order valence-electron chi connectivity index (χ2n) is 4.40. The van der Waals surface area contributed by atoms with Crippen LogP contribution in [0.1, 0.15) is 27.0 Å². The highest BCUT2D eigenvalue weighted by Crippen LogP contribution is 2.19. The van der Waals surface area contributed by atoms with E-state index in [0.29, 0.717) is 0 Å². The lowest BCUT2D eigenvalue weighted by molar-refractivity contribution is -0.183. The smallest absolute Gasteiger partial charge is 0.351 e. The minimum atomic E-state index is -0.546. The molecule has 0 aliphatic carbocycles. The molecule has 1 aromatic rings. The molecule has 2 N–H and O–H groups in total. The maximum Gasteiger partial charge on any atom is 0.351 e. The molecule has 0 saturated heterocycles. The van der Waals surface area contributed by atoms with Crippen molar-refractivity contribution in [3.63, 3.8) is 0 Å². The van der Waals surface area contributed by atoms with Gasteiger partial charge in [0, 0.05) is 6.20 Å². The fourth-order valence-electron chi connectivity index (χ4n) is 1.53. The van der Waals surface area contributed by atoms with Crippen LogP contribution < -0.4 is 11.4 Å². The van der Waals surface area contributed by atoms with Gasteiger partial charge in [0.15, 0.2) is 0 Å². The van der Waals surface area contributed by atoms with Crippen LogP contribution in [-0.4, -0.2) is 22.3 Å². The first-order valence-electron chi connectivity index (χ1n) is 5.69. The molecule has 102 valence electrons. The van der Waals surface area contributed by atoms with Crippen molar-refractivity contribution in [2.24, 2.45) is 5.92 Å². The molecule has 7 heteroatoms. The zero-order chi connectivity index (χ0) is 13.7. The quantitative estimate of drug-likeness (QED) is 0.832. The maximum atomic E-state index is 11.8. The fourth-order valence-corrected chi connectivity index (χ4v) is 1.53. The molecule has 0 saturated carbocycles. The average molecular weight is 259 g/mol. The Hall–Kier alpha value is -1.47. The van der Waals surface area contributed by atoms with E-state index in [1.165, 1.54) is 16.8 Å². The maximum absolute atomic E-state index is 11.8. The van der Waals surface area contributed by atoms with E-state index >= 15 is 0 Å². The van der Waals surface area contributed by atoms with Crippen LogP contribution in [0.2, 0.25) is 0 Å². The molecule has 1 aromatic heterocycles. The van der Waals surface area contributed by atoms with Crippen molar-refractivity contribution >= 4 is 5.82 Å². The zero-order valence-electron chi connectivity index (χ0n) is 10.7. The highest BCUT2D eigenvalue weighted by atomic mass is 19.3. The molecule has 18 heavy (non-hydrogen) atoms. The number of nitrogen functional groups attached to an aromatic ring is 1. The molecule has 1 unspecified atom stereocenters. The van der Waals surface area contributed by atoms with Gasteiger partial charge in [-0.05, 0) is 23.4 Å². The van der Waals surface area contributed by atoms with Gasteiger partial charge in [0.05, 0.1) is 6.10 Å². The summed E-state index contributed by atoms with van der Waals surface area (Å²) in [5.74, 6) is 0.161. The molecule has 6 nitrogen and oxygen atoms in total. The Kier molecular flexibility index (Phi) is 5.24. The number of rotatable bonds is 6. The second-order valence-corrected chi connectivity index (χ2v) is 4.40. The molecule has 0 fully saturated rings. The van der Waals surface area contributed by atoms with Gasteiger partial charge in [0.2, 0.25) is 0 Å². The molecule has 0 bridgehead atoms. The van der Waals surface area contributed by atoms with Crippen molar-refractivity contribution in [3.05, 3.63) is 22.7 Å². The highest BCUT2D eigenvalue weighted by molar-refractivity contribution is 5.23. The van der Waals surface area contributed by atoms with Crippen LogP contribution in [0.4, 0.5) is 10.3 Å². The van der Waals surface area contributed by atoms with Gasteiger partial charge in [-0.15, -0.1) is 0 Å². The van der Waals surface area contributed by atoms with Crippen molar-refractivity contribution in [1.82, 2.24) is 9.55 Å². The Labute approximate surface area is 104 Å². The number of nitrogens with two attached hydrogens (primary N) is 1. The third-order valence-corrected chi connectivity index (χ3v) is 2.37. The van der Waals surface area contributed by atoms with Crippen LogP contribution in [-0.2, 0) is 9.68 Å². The summed E-state index contributed by atoms with van der Waals surface area (Å²) in [5, 5.41) is 0. The molecular formula is C11H18FN3O3. The SMILES string of the molecule is CC(COF)O[C@H](C(C)C)n1ccc(N)nc1=O. The first-order valence-corrected chi connectivity index (χ1v) is 5.69. The largest absolute Gasteiger partial charge is 0.383 e. The van der Waals surface area contributed by atoms with Crippen LogP contribution in [0, 0.1) is 5.92 Å². The third kappa shape index (κ3) is 3.78. The Bertz CT molecular complexity index is 436. The van der Waals surface area contributed by atoms with Crippen molar-refractivity contribution in [2.45, 2.75) is 33.1 Å². The van der Waals surface area contributed by atoms with E-state index in [9.17, 15) is 9.32 Å². The van der Waals surface area contributed by atoms with Crippen LogP contribution in [0.15, 0.2) is 17.1 Å². The Morgan fingerprint density at radius 1 is 1.50 bits per heavy atom. The summed E-state index contributed by atoms with van der Waals surface area (Å²) < 4.78 is 18.7. The summed E-state index contributed by atoms with van der Waals surface area (Å²) in [4.78, 5) is 18.9. The molecule has 0 aliphatic heterocycles. The number of ether oxygens (including phenoxy) is 1. The molecule has 0 aliphatic rings. The van der Waals surface area contributed by atoms with Crippen LogP contribution in [0.25, 0.3) is 0 Å². The summed E-state index contributed by atoms with van der Waals surface area (Å²) in [7, 11) is 0. The molecule has 2 atom stereocenters. The summed E-state index contributed by atoms with van der Waals surface area (Å²) >= 11 is 0. The van der Waals surface area contributed by atoms with Gasteiger partial charge in [-0.3, -0.25) is 4.57 Å². The Balaban J connectivity index is 2.94. The first-order chi connectivity index (χ1) is 8.45. The van der Waals surface area contributed by atoms with Gasteiger partial charge in [0.25, 0.3) is 0 Å². The van der Waals surface area contributed by atoms with E-state index in [-0.39, 0.29) is 18.3 Å². The lowest BCUT2D eigenvalue weighted by Crippen LogP contribution is -2.34. The number of anilines is 1. The van der Waals surface area contributed by atoms with Gasteiger partial charge < -0.3 is 10.5 Å². The van der Waals surface area contributed by atoms with Gasteiger partial charge in [-0.25, -0.2) is 4.79 Å². The zero-order valence-corrected chi connectivity index (χ0v) is 10.7. The van der Waals surface area contributed by atoms with Gasteiger partial charge in [0.1, 0.15) is 18.7 Å². The van der Waals surface area contributed by atoms with E-state index in [4.69, 9.17) is 10.5 Å². The number of hydrogen-bond donors (Lipinski definition) is 1. The van der Waals surface area contributed by atoms with E-state index in [1.54, 1.807) is 6.92 Å². The van der Waals surface area contributed by atoms with E-state index in [2.05, 4.69) is 9.93 Å². The average Bonchev–Trinajstić information content (AvgIpc) is 2.27. The molecular weight excluding hydrogens is 241 g/mol. The van der Waals surface area contributed by atoms with Crippen molar-refractivity contribution in [2.75, 3.05) is 12.3 Å².